The van der Waals surface area contributed by atoms with Crippen LogP contribution in [0.2, 0.25) is 0 Å². The minimum Gasteiger partial charge on any atom is -0.275 e. The van der Waals surface area contributed by atoms with E-state index >= 15 is 0 Å². The summed E-state index contributed by atoms with van der Waals surface area (Å²) in [6.07, 6.45) is 0. The molecular formula is C2HCl2O. The van der Waals surface area contributed by atoms with Crippen molar-refractivity contribution in [1.82, 2.24) is 0 Å². The lowest BCUT2D eigenvalue weighted by molar-refractivity contribution is 0.334. The average molecular weight is 112 g/mol. The number of hydrogen-bond donors (Lipinski definition) is 0. The molecular weight excluding hydrogens is 111 g/mol. The zero-order chi connectivity index (χ0) is 4.28. The van der Waals surface area contributed by atoms with Crippen LogP contribution in [0, 0.1) is 0 Å². The molecule has 0 aliphatic carbocycles. The Morgan fingerprint density at radius 1 is 1.80 bits per heavy atom. The topological polar surface area (TPSA) is 19.9 Å². The minimum atomic E-state index is -0.633. The van der Waals surface area contributed by atoms with Gasteiger partial charge in [-0.3, -0.25) is 5.11 Å². The van der Waals surface area contributed by atoms with Crippen LogP contribution in [-0.4, -0.2) is 0 Å². The van der Waals surface area contributed by atoms with Gasteiger partial charge >= 0.3 is 0 Å². The summed E-state index contributed by atoms with van der Waals surface area (Å²) < 4.78 is 0. The van der Waals surface area contributed by atoms with Crippen molar-refractivity contribution in [3.05, 3.63) is 10.8 Å². The maximum absolute atomic E-state index is 9.39. The van der Waals surface area contributed by atoms with E-state index in [4.69, 9.17) is 11.6 Å². The zero-order valence-electron chi connectivity index (χ0n) is 2.24. The summed E-state index contributed by atoms with van der Waals surface area (Å²) in [6.45, 7) is 0. The highest BCUT2D eigenvalue weighted by atomic mass is 35.5. The molecule has 0 N–H and O–H groups in total. The third-order valence-electron chi connectivity index (χ3n) is 0.0858. The van der Waals surface area contributed by atoms with Crippen molar-refractivity contribution in [2.75, 3.05) is 0 Å². The van der Waals surface area contributed by atoms with Crippen molar-refractivity contribution in [2.24, 2.45) is 0 Å². The van der Waals surface area contributed by atoms with Crippen LogP contribution in [0.15, 0.2) is 10.8 Å². The second-order valence-corrected chi connectivity index (χ2v) is 1.00. The minimum absolute atomic E-state index is 0.633. The fourth-order valence-corrected chi connectivity index (χ4v) is 0. The van der Waals surface area contributed by atoms with E-state index in [0.717, 1.165) is 5.54 Å². The van der Waals surface area contributed by atoms with Crippen LogP contribution >= 0.6 is 23.2 Å². The second kappa shape index (κ2) is 2.36. The van der Waals surface area contributed by atoms with E-state index in [1.807, 2.05) is 0 Å². The lowest BCUT2D eigenvalue weighted by Gasteiger charge is -1.61. The van der Waals surface area contributed by atoms with E-state index in [9.17, 15) is 5.11 Å². The van der Waals surface area contributed by atoms with Crippen molar-refractivity contribution in [3.63, 3.8) is 0 Å². The monoisotopic (exact) mass is 111 g/mol. The molecule has 0 unspecified atom stereocenters. The predicted molar refractivity (Wildman–Crippen MR) is 20.5 cm³/mol. The summed E-state index contributed by atoms with van der Waals surface area (Å²) in [5, 5.41) is 8.76. The maximum Gasteiger partial charge on any atom is 0.256 e. The van der Waals surface area contributed by atoms with Crippen LogP contribution in [0.1, 0.15) is 0 Å². The van der Waals surface area contributed by atoms with Gasteiger partial charge in [0.2, 0.25) is 0 Å². The first kappa shape index (κ1) is 5.12. The van der Waals surface area contributed by atoms with Crippen molar-refractivity contribution in [3.8, 4) is 0 Å². The lowest BCUT2D eigenvalue weighted by atomic mass is 11.2. The Bertz CT molecular complexity index is 45.6. The molecule has 0 bridgehead atoms. The zero-order valence-corrected chi connectivity index (χ0v) is 3.75. The normalized spacial score (nSPS) is 12.0. The molecule has 0 saturated heterocycles. The van der Waals surface area contributed by atoms with Crippen LogP contribution in [0.3, 0.4) is 0 Å². The SMILES string of the molecule is [O]C(Cl)=CCl. The molecule has 0 aromatic carbocycles. The molecule has 0 fully saturated rings. The van der Waals surface area contributed by atoms with Gasteiger partial charge in [-0.1, -0.05) is 11.6 Å². The van der Waals surface area contributed by atoms with E-state index in [0.29, 0.717) is 0 Å². The Balaban J connectivity index is 3.14. The van der Waals surface area contributed by atoms with Crippen LogP contribution in [0.25, 0.3) is 0 Å². The third-order valence-corrected chi connectivity index (χ3v) is 0.505. The molecule has 0 amide bonds. The Morgan fingerprint density at radius 3 is 2.00 bits per heavy atom. The average Bonchev–Trinajstić information content (AvgIpc) is 1.38. The summed E-state index contributed by atoms with van der Waals surface area (Å²) in [5.41, 5.74) is 0.765. The Morgan fingerprint density at radius 2 is 2.00 bits per heavy atom. The third kappa shape index (κ3) is 4.12. The molecule has 3 heteroatoms. The van der Waals surface area contributed by atoms with E-state index in [-0.39, 0.29) is 0 Å². The number of rotatable bonds is 0. The predicted octanol–water partition coefficient (Wildman–Crippen LogP) is 1.69. The molecule has 0 aromatic heterocycles. The Kier molecular flexibility index (Phi) is 2.42. The van der Waals surface area contributed by atoms with Crippen molar-refractivity contribution < 1.29 is 5.11 Å². The largest absolute Gasteiger partial charge is 0.275 e. The highest BCUT2D eigenvalue weighted by molar-refractivity contribution is 6.35. The summed E-state index contributed by atoms with van der Waals surface area (Å²) in [7, 11) is 0. The summed E-state index contributed by atoms with van der Waals surface area (Å²) in [6, 6.07) is 0. The first-order valence-corrected chi connectivity index (χ1v) is 1.71. The summed E-state index contributed by atoms with van der Waals surface area (Å²) >= 11 is 9.37. The molecule has 0 aliphatic heterocycles. The molecule has 0 atom stereocenters. The Labute approximate surface area is 39.8 Å². The van der Waals surface area contributed by atoms with Gasteiger partial charge in [0.15, 0.2) is 0 Å². The highest BCUT2D eigenvalue weighted by Gasteiger charge is 1.75. The van der Waals surface area contributed by atoms with Crippen LogP contribution in [0.4, 0.5) is 0 Å². The quantitative estimate of drug-likeness (QED) is 0.425. The smallest absolute Gasteiger partial charge is 0.256 e. The van der Waals surface area contributed by atoms with Crippen LogP contribution in [-0.2, 0) is 5.11 Å². The Hall–Kier alpha value is 0.120. The van der Waals surface area contributed by atoms with Crippen molar-refractivity contribution >= 4 is 23.2 Å². The first-order valence-electron chi connectivity index (χ1n) is 0.900. The van der Waals surface area contributed by atoms with Gasteiger partial charge in [-0.05, 0) is 11.6 Å². The van der Waals surface area contributed by atoms with Gasteiger partial charge in [0.05, 0.1) is 5.54 Å². The fourth-order valence-electron chi connectivity index (χ4n) is 0. The summed E-state index contributed by atoms with van der Waals surface area (Å²) in [4.78, 5) is 0. The van der Waals surface area contributed by atoms with Gasteiger partial charge in [0.1, 0.15) is 0 Å². The maximum atomic E-state index is 9.39. The van der Waals surface area contributed by atoms with Crippen LogP contribution in [0.5, 0.6) is 0 Å². The van der Waals surface area contributed by atoms with E-state index in [1.54, 1.807) is 0 Å². The van der Waals surface area contributed by atoms with Gasteiger partial charge in [0, 0.05) is 0 Å². The molecule has 0 aliphatic rings. The molecule has 1 nitrogen and oxygen atoms in total. The molecule has 5 heavy (non-hydrogen) atoms. The van der Waals surface area contributed by atoms with Crippen LogP contribution < -0.4 is 0 Å². The van der Waals surface area contributed by atoms with Gasteiger partial charge in [-0.25, -0.2) is 0 Å². The number of hydrogen-bond acceptors (Lipinski definition) is 0. The first-order chi connectivity index (χ1) is 2.27. The van der Waals surface area contributed by atoms with Crippen molar-refractivity contribution in [2.45, 2.75) is 0 Å². The standard InChI is InChI=1S/C2HCl2O/c3-1-2(4)5/h1H. The molecule has 0 spiro atoms. The highest BCUT2D eigenvalue weighted by Crippen LogP contribution is 1.94. The second-order valence-electron chi connectivity index (χ2n) is 0.413. The van der Waals surface area contributed by atoms with Gasteiger partial charge in [0.25, 0.3) is 5.22 Å². The van der Waals surface area contributed by atoms with Gasteiger partial charge in [-0.2, -0.15) is 0 Å². The fraction of sp³-hybridized carbons (Fsp3) is 0. The van der Waals surface area contributed by atoms with Gasteiger partial charge < -0.3 is 0 Å². The van der Waals surface area contributed by atoms with E-state index in [2.05, 4.69) is 11.6 Å². The molecule has 0 aromatic rings. The molecule has 0 rings (SSSR count). The lowest BCUT2D eigenvalue weighted by Crippen LogP contribution is -1.47. The molecule has 0 heterocycles. The molecule has 0 saturated carbocycles. The van der Waals surface area contributed by atoms with Crippen molar-refractivity contribution in [1.29, 1.82) is 0 Å². The van der Waals surface area contributed by atoms with E-state index < -0.39 is 5.22 Å². The summed E-state index contributed by atoms with van der Waals surface area (Å²) in [5.74, 6) is 0. The van der Waals surface area contributed by atoms with Gasteiger partial charge in [-0.15, -0.1) is 0 Å². The molecule has 1 radical (unpaired) electrons. The van der Waals surface area contributed by atoms with E-state index in [1.165, 1.54) is 0 Å². The number of halogens is 2. The molecule has 29 valence electrons.